The molecule has 0 bridgehead atoms. The van der Waals surface area contributed by atoms with E-state index in [0.717, 1.165) is 36.1 Å². The first kappa shape index (κ1) is 35.4. The summed E-state index contributed by atoms with van der Waals surface area (Å²) in [6.45, 7) is 12.6. The van der Waals surface area contributed by atoms with Gasteiger partial charge in [-0.15, -0.1) is 13.2 Å². The average Bonchev–Trinajstić information content (AvgIpc) is 3.08. The van der Waals surface area contributed by atoms with Crippen molar-refractivity contribution in [3.05, 3.63) is 133 Å². The van der Waals surface area contributed by atoms with Gasteiger partial charge in [0, 0.05) is 6.61 Å². The van der Waals surface area contributed by atoms with Gasteiger partial charge < -0.3 is 23.7 Å². The topological polar surface area (TPSA) is 46.2 Å². The van der Waals surface area contributed by atoms with Gasteiger partial charge in [0.25, 0.3) is 0 Å². The Bertz CT molecular complexity index is 1010. The van der Waals surface area contributed by atoms with E-state index in [9.17, 15) is 0 Å². The van der Waals surface area contributed by atoms with Crippen molar-refractivity contribution in [2.45, 2.75) is 44.1 Å². The summed E-state index contributed by atoms with van der Waals surface area (Å²) in [4.78, 5) is 0. The molecule has 3 aromatic rings. The van der Waals surface area contributed by atoms with Gasteiger partial charge in [-0.25, -0.2) is 0 Å². The molecule has 3 rings (SSSR count). The number of rotatable bonds is 26. The molecule has 0 amide bonds. The average molecular weight is 601 g/mol. The van der Waals surface area contributed by atoms with Crippen LogP contribution in [0.1, 0.15) is 55.2 Å². The summed E-state index contributed by atoms with van der Waals surface area (Å²) in [5, 5.41) is 0. The van der Waals surface area contributed by atoms with Crippen LogP contribution in [0.25, 0.3) is 0 Å². The predicted molar refractivity (Wildman–Crippen MR) is 180 cm³/mol. The van der Waals surface area contributed by atoms with Crippen LogP contribution in [0.15, 0.2) is 116 Å². The summed E-state index contributed by atoms with van der Waals surface area (Å²) in [6.07, 6.45) is 10.8. The highest BCUT2D eigenvalue weighted by molar-refractivity contribution is 5.47. The van der Waals surface area contributed by atoms with Gasteiger partial charge in [-0.2, -0.15) is 0 Å². The third-order valence-corrected chi connectivity index (χ3v) is 7.60. The van der Waals surface area contributed by atoms with Crippen molar-refractivity contribution in [2.75, 3.05) is 59.5 Å². The lowest BCUT2D eigenvalue weighted by Gasteiger charge is -2.36. The second kappa shape index (κ2) is 22.4. The van der Waals surface area contributed by atoms with Crippen molar-refractivity contribution in [3.63, 3.8) is 0 Å². The van der Waals surface area contributed by atoms with E-state index in [1.165, 1.54) is 25.7 Å². The van der Waals surface area contributed by atoms with E-state index in [1.807, 2.05) is 30.4 Å². The third-order valence-electron chi connectivity index (χ3n) is 7.60. The zero-order chi connectivity index (χ0) is 31.0. The minimum Gasteiger partial charge on any atom is -0.379 e. The van der Waals surface area contributed by atoms with E-state index in [4.69, 9.17) is 23.7 Å². The summed E-state index contributed by atoms with van der Waals surface area (Å²) in [6, 6.07) is 31.1. The molecular formula is C39H52O5. The zero-order valence-corrected chi connectivity index (χ0v) is 26.5. The van der Waals surface area contributed by atoms with Crippen LogP contribution in [0.4, 0.5) is 0 Å². The fourth-order valence-corrected chi connectivity index (χ4v) is 5.34. The fourth-order valence-electron chi connectivity index (χ4n) is 5.34. The summed E-state index contributed by atoms with van der Waals surface area (Å²) in [5.41, 5.74) is 2.51. The molecule has 3 aromatic carbocycles. The number of unbranched alkanes of at least 4 members (excludes halogenated alkanes) is 2. The first-order valence-electron chi connectivity index (χ1n) is 16.1. The molecule has 0 aliphatic heterocycles. The molecule has 0 saturated heterocycles. The van der Waals surface area contributed by atoms with Gasteiger partial charge in [-0.1, -0.05) is 103 Å². The Labute approximate surface area is 265 Å². The van der Waals surface area contributed by atoms with E-state index in [2.05, 4.69) is 86.0 Å². The standard InChI is InChI=1S/C39H52O5/c1-3-5-10-18-35(19-11-6-4-2)34-43-31-30-41-27-26-40-28-29-42-32-33-44-39(36-20-12-7-13-21-36,37-22-14-8-15-23-37)38-24-16-9-17-25-38/h3-4,7-9,12-17,20-25,35H,1-2,5-6,10-11,18-19,26-34H2. The third kappa shape index (κ3) is 12.5. The number of hydrogen-bond donors (Lipinski definition) is 0. The maximum absolute atomic E-state index is 6.74. The molecule has 0 aliphatic rings. The lowest BCUT2D eigenvalue weighted by atomic mass is 9.80. The Morgan fingerprint density at radius 1 is 0.500 bits per heavy atom. The highest BCUT2D eigenvalue weighted by Crippen LogP contribution is 2.40. The first-order valence-corrected chi connectivity index (χ1v) is 16.1. The second-order valence-electron chi connectivity index (χ2n) is 10.8. The maximum Gasteiger partial charge on any atom is 0.143 e. The van der Waals surface area contributed by atoms with Gasteiger partial charge in [0.15, 0.2) is 0 Å². The number of ether oxygens (including phenoxy) is 5. The van der Waals surface area contributed by atoms with E-state index < -0.39 is 5.60 Å². The fraction of sp³-hybridized carbons (Fsp3) is 0.436. The SMILES string of the molecule is C=CCCCC(CCCC=C)COCCOCCOCCOCCOC(c1ccccc1)(c1ccccc1)c1ccccc1. The monoisotopic (exact) mass is 600 g/mol. The van der Waals surface area contributed by atoms with Crippen molar-refractivity contribution in [2.24, 2.45) is 5.92 Å². The molecule has 5 nitrogen and oxygen atoms in total. The molecule has 238 valence electrons. The van der Waals surface area contributed by atoms with Crippen LogP contribution in [0, 0.1) is 5.92 Å². The summed E-state index contributed by atoms with van der Waals surface area (Å²) in [7, 11) is 0. The molecule has 0 atom stereocenters. The normalized spacial score (nSPS) is 11.6. The number of benzene rings is 3. The second-order valence-corrected chi connectivity index (χ2v) is 10.8. The van der Waals surface area contributed by atoms with E-state index in [1.54, 1.807) is 0 Å². The van der Waals surface area contributed by atoms with Crippen molar-refractivity contribution >= 4 is 0 Å². The van der Waals surface area contributed by atoms with Crippen LogP contribution in [0.5, 0.6) is 0 Å². The lowest BCUT2D eigenvalue weighted by Crippen LogP contribution is -2.34. The Kier molecular flexibility index (Phi) is 18.1. The van der Waals surface area contributed by atoms with Crippen molar-refractivity contribution in [1.82, 2.24) is 0 Å². The minimum atomic E-state index is -0.734. The van der Waals surface area contributed by atoms with Crippen molar-refractivity contribution in [3.8, 4) is 0 Å². The van der Waals surface area contributed by atoms with Crippen LogP contribution < -0.4 is 0 Å². The highest BCUT2D eigenvalue weighted by atomic mass is 16.6. The van der Waals surface area contributed by atoms with Crippen LogP contribution in [-0.2, 0) is 29.3 Å². The first-order chi connectivity index (χ1) is 21.8. The van der Waals surface area contributed by atoms with Gasteiger partial charge in [0.2, 0.25) is 0 Å². The Morgan fingerprint density at radius 2 is 0.864 bits per heavy atom. The summed E-state index contributed by atoms with van der Waals surface area (Å²) in [5.74, 6) is 0.593. The molecule has 5 heteroatoms. The quantitative estimate of drug-likeness (QED) is 0.0526. The molecule has 0 unspecified atom stereocenters. The molecule has 0 fully saturated rings. The maximum atomic E-state index is 6.74. The van der Waals surface area contributed by atoms with Gasteiger partial charge in [-0.05, 0) is 61.1 Å². The molecule has 0 saturated carbocycles. The Morgan fingerprint density at radius 3 is 1.25 bits per heavy atom. The molecule has 0 spiro atoms. The van der Waals surface area contributed by atoms with Crippen LogP contribution >= 0.6 is 0 Å². The van der Waals surface area contributed by atoms with Gasteiger partial charge in [0.05, 0.1) is 52.9 Å². The van der Waals surface area contributed by atoms with E-state index in [-0.39, 0.29) is 0 Å². The molecule has 0 radical (unpaired) electrons. The van der Waals surface area contributed by atoms with Crippen LogP contribution in [-0.4, -0.2) is 59.5 Å². The Hall–Kier alpha value is -3.06. The van der Waals surface area contributed by atoms with Crippen molar-refractivity contribution in [1.29, 1.82) is 0 Å². The molecule has 44 heavy (non-hydrogen) atoms. The molecule has 0 N–H and O–H groups in total. The largest absolute Gasteiger partial charge is 0.379 e. The lowest BCUT2D eigenvalue weighted by molar-refractivity contribution is -0.0388. The number of allylic oxidation sites excluding steroid dienone is 2. The number of hydrogen-bond acceptors (Lipinski definition) is 5. The minimum absolute atomic E-state index is 0.436. The van der Waals surface area contributed by atoms with Gasteiger partial charge in [0.1, 0.15) is 5.60 Å². The highest BCUT2D eigenvalue weighted by Gasteiger charge is 2.37. The van der Waals surface area contributed by atoms with Crippen molar-refractivity contribution < 1.29 is 23.7 Å². The van der Waals surface area contributed by atoms with Crippen LogP contribution in [0.2, 0.25) is 0 Å². The molecule has 0 aromatic heterocycles. The Balaban J connectivity index is 1.31. The predicted octanol–water partition coefficient (Wildman–Crippen LogP) is 8.39. The molecular weight excluding hydrogens is 548 g/mol. The zero-order valence-electron chi connectivity index (χ0n) is 26.5. The van der Waals surface area contributed by atoms with E-state index in [0.29, 0.717) is 58.8 Å². The molecule has 0 heterocycles. The van der Waals surface area contributed by atoms with Gasteiger partial charge in [-0.3, -0.25) is 0 Å². The summed E-state index contributed by atoms with van der Waals surface area (Å²) < 4.78 is 29.9. The summed E-state index contributed by atoms with van der Waals surface area (Å²) >= 11 is 0. The molecule has 0 aliphatic carbocycles. The van der Waals surface area contributed by atoms with E-state index >= 15 is 0 Å². The smallest absolute Gasteiger partial charge is 0.143 e. The van der Waals surface area contributed by atoms with Gasteiger partial charge >= 0.3 is 0 Å². The van der Waals surface area contributed by atoms with Crippen LogP contribution in [0.3, 0.4) is 0 Å².